The van der Waals surface area contributed by atoms with Gasteiger partial charge in [0.25, 0.3) is 0 Å². The molecule has 24 heavy (non-hydrogen) atoms. The van der Waals surface area contributed by atoms with Gasteiger partial charge >= 0.3 is 0 Å². The highest BCUT2D eigenvalue weighted by atomic mass is 16.3. The Kier molecular flexibility index (Phi) is 1.99. The molecule has 0 amide bonds. The number of nitrogens with zero attached hydrogens (tertiary/aromatic N) is 4. The number of hydrogen-bond acceptors (Lipinski definition) is 3. The molecule has 114 valence electrons. The summed E-state index contributed by atoms with van der Waals surface area (Å²) in [6, 6.07) is 18.3. The van der Waals surface area contributed by atoms with E-state index in [1.54, 1.807) is 0 Å². The molecule has 5 heteroatoms. The van der Waals surface area contributed by atoms with Crippen molar-refractivity contribution in [2.24, 2.45) is 7.05 Å². The maximum atomic E-state index is 5.95. The molecule has 0 N–H and O–H groups in total. The van der Waals surface area contributed by atoms with Gasteiger partial charge in [0, 0.05) is 12.4 Å². The molecule has 0 fully saturated rings. The van der Waals surface area contributed by atoms with Gasteiger partial charge in [0.1, 0.15) is 5.58 Å². The maximum absolute atomic E-state index is 5.95. The Hall–Kier alpha value is -3.34. The summed E-state index contributed by atoms with van der Waals surface area (Å²) in [6.07, 6.45) is 0. The van der Waals surface area contributed by atoms with Crippen molar-refractivity contribution in [3.63, 3.8) is 0 Å². The fraction of sp³-hybridized carbons (Fsp3) is 0.0526. The molecule has 2 aromatic carbocycles. The predicted molar refractivity (Wildman–Crippen MR) is 94.2 cm³/mol. The Bertz CT molecular complexity index is 1420. The summed E-state index contributed by atoms with van der Waals surface area (Å²) in [5.41, 5.74) is 5.46. The lowest BCUT2D eigenvalue weighted by Gasteiger charge is -1.96. The molecule has 6 rings (SSSR count). The van der Waals surface area contributed by atoms with Crippen LogP contribution < -0.4 is 0 Å². The van der Waals surface area contributed by atoms with Crippen LogP contribution in [-0.4, -0.2) is 18.9 Å². The quantitative estimate of drug-likeness (QED) is 0.421. The molecule has 0 saturated carbocycles. The number of imidazole rings is 2. The highest BCUT2D eigenvalue weighted by Crippen LogP contribution is 2.32. The summed E-state index contributed by atoms with van der Waals surface area (Å²) >= 11 is 0. The molecular formula is C19H12N4O. The van der Waals surface area contributed by atoms with E-state index in [2.05, 4.69) is 27.2 Å². The number of benzene rings is 2. The third-order valence-corrected chi connectivity index (χ3v) is 4.75. The van der Waals surface area contributed by atoms with Crippen LogP contribution in [0.15, 0.2) is 59.0 Å². The Morgan fingerprint density at radius 2 is 1.71 bits per heavy atom. The molecule has 0 unspecified atom stereocenters. The van der Waals surface area contributed by atoms with E-state index >= 15 is 0 Å². The predicted octanol–water partition coefficient (Wildman–Crippen LogP) is 4.27. The largest absolute Gasteiger partial charge is 0.438 e. The topological polar surface area (TPSA) is 48.3 Å². The lowest BCUT2D eigenvalue weighted by molar-refractivity contribution is 0.655. The first kappa shape index (κ1) is 12.1. The van der Waals surface area contributed by atoms with Gasteiger partial charge in [-0.05, 0) is 24.3 Å². The van der Waals surface area contributed by atoms with Gasteiger partial charge < -0.3 is 8.98 Å². The van der Waals surface area contributed by atoms with Crippen molar-refractivity contribution in [1.29, 1.82) is 0 Å². The second-order valence-electron chi connectivity index (χ2n) is 6.08. The third kappa shape index (κ3) is 1.31. The first-order valence-electron chi connectivity index (χ1n) is 7.85. The second-order valence-corrected chi connectivity index (χ2v) is 6.08. The van der Waals surface area contributed by atoms with Crippen LogP contribution in [0, 0.1) is 0 Å². The van der Waals surface area contributed by atoms with Crippen molar-refractivity contribution in [2.45, 2.75) is 0 Å². The lowest BCUT2D eigenvalue weighted by atomic mass is 10.2. The minimum Gasteiger partial charge on any atom is -0.438 e. The molecule has 4 aromatic heterocycles. The SMILES string of the molecule is Cn1c2cc3c(nc2n2c4ccccc4nc12)oc1ccccc13. The number of pyridine rings is 1. The van der Waals surface area contributed by atoms with Gasteiger partial charge in [-0.3, -0.25) is 4.40 Å². The fourth-order valence-corrected chi connectivity index (χ4v) is 3.60. The van der Waals surface area contributed by atoms with Crippen LogP contribution in [0.25, 0.3) is 50.0 Å². The number of aromatic nitrogens is 4. The third-order valence-electron chi connectivity index (χ3n) is 4.75. The second kappa shape index (κ2) is 3.94. The van der Waals surface area contributed by atoms with E-state index in [0.29, 0.717) is 5.71 Å². The summed E-state index contributed by atoms with van der Waals surface area (Å²) in [7, 11) is 2.03. The van der Waals surface area contributed by atoms with Crippen LogP contribution >= 0.6 is 0 Å². The number of para-hydroxylation sites is 3. The maximum Gasteiger partial charge on any atom is 0.229 e. The average molecular weight is 312 g/mol. The molecule has 0 aliphatic carbocycles. The summed E-state index contributed by atoms with van der Waals surface area (Å²) in [4.78, 5) is 9.57. The van der Waals surface area contributed by atoms with Crippen LogP contribution in [0.4, 0.5) is 0 Å². The number of fused-ring (bicyclic) bond motifs is 8. The van der Waals surface area contributed by atoms with Crippen molar-refractivity contribution < 1.29 is 4.42 Å². The van der Waals surface area contributed by atoms with Gasteiger partial charge in [-0.15, -0.1) is 0 Å². The van der Waals surface area contributed by atoms with Crippen LogP contribution in [0.1, 0.15) is 0 Å². The minimum atomic E-state index is 0.661. The monoisotopic (exact) mass is 312 g/mol. The zero-order chi connectivity index (χ0) is 15.8. The molecule has 0 aliphatic rings. The highest BCUT2D eigenvalue weighted by molar-refractivity contribution is 6.07. The molecule has 6 aromatic rings. The zero-order valence-corrected chi connectivity index (χ0v) is 12.9. The molecule has 0 saturated heterocycles. The van der Waals surface area contributed by atoms with Crippen molar-refractivity contribution in [2.75, 3.05) is 0 Å². The lowest BCUT2D eigenvalue weighted by Crippen LogP contribution is -1.88. The first-order chi connectivity index (χ1) is 11.8. The number of furan rings is 1. The Morgan fingerprint density at radius 3 is 2.67 bits per heavy atom. The number of aryl methyl sites for hydroxylation is 1. The molecular weight excluding hydrogens is 300 g/mol. The van der Waals surface area contributed by atoms with E-state index in [0.717, 1.165) is 44.3 Å². The van der Waals surface area contributed by atoms with Crippen LogP contribution in [0.5, 0.6) is 0 Å². The van der Waals surface area contributed by atoms with Gasteiger partial charge in [-0.25, -0.2) is 4.98 Å². The smallest absolute Gasteiger partial charge is 0.229 e. The molecule has 5 nitrogen and oxygen atoms in total. The molecule has 4 heterocycles. The van der Waals surface area contributed by atoms with E-state index in [4.69, 9.17) is 14.4 Å². The zero-order valence-electron chi connectivity index (χ0n) is 12.9. The average Bonchev–Trinajstić information content (AvgIpc) is 3.24. The van der Waals surface area contributed by atoms with E-state index in [1.807, 2.05) is 43.4 Å². The van der Waals surface area contributed by atoms with Gasteiger partial charge in [0.15, 0.2) is 5.65 Å². The minimum absolute atomic E-state index is 0.661. The molecule has 0 aliphatic heterocycles. The first-order valence-corrected chi connectivity index (χ1v) is 7.85. The molecule has 0 radical (unpaired) electrons. The van der Waals surface area contributed by atoms with Crippen molar-refractivity contribution in [1.82, 2.24) is 18.9 Å². The molecule has 0 spiro atoms. The number of hydrogen-bond donors (Lipinski definition) is 0. The van der Waals surface area contributed by atoms with E-state index in [1.165, 1.54) is 0 Å². The van der Waals surface area contributed by atoms with Crippen molar-refractivity contribution >= 4 is 50.0 Å². The van der Waals surface area contributed by atoms with E-state index in [9.17, 15) is 0 Å². The summed E-state index contributed by atoms with van der Waals surface area (Å²) in [5, 5.41) is 2.12. The van der Waals surface area contributed by atoms with Gasteiger partial charge in [0.2, 0.25) is 11.5 Å². The summed E-state index contributed by atoms with van der Waals surface area (Å²) in [6.45, 7) is 0. The van der Waals surface area contributed by atoms with Crippen molar-refractivity contribution in [3.05, 3.63) is 54.6 Å². The van der Waals surface area contributed by atoms with E-state index < -0.39 is 0 Å². The number of rotatable bonds is 0. The molecule has 0 bridgehead atoms. The standard InChI is InChI=1S/C19H12N4O/c1-22-15-10-12-11-6-2-5-9-16(11)24-18(12)21-17(15)23-14-8-4-3-7-13(14)20-19(22)23/h2-10H,1H3. The normalized spacial score (nSPS) is 12.4. The van der Waals surface area contributed by atoms with Crippen LogP contribution in [0.3, 0.4) is 0 Å². The van der Waals surface area contributed by atoms with Crippen LogP contribution in [0.2, 0.25) is 0 Å². The molecule has 0 atom stereocenters. The Labute approximate surface area is 135 Å². The summed E-state index contributed by atoms with van der Waals surface area (Å²) in [5.74, 6) is 0.885. The van der Waals surface area contributed by atoms with Crippen molar-refractivity contribution in [3.8, 4) is 0 Å². The summed E-state index contributed by atoms with van der Waals surface area (Å²) < 4.78 is 10.1. The fourth-order valence-electron chi connectivity index (χ4n) is 3.60. The van der Waals surface area contributed by atoms with Gasteiger partial charge in [0.05, 0.1) is 21.9 Å². The Morgan fingerprint density at radius 1 is 0.875 bits per heavy atom. The highest BCUT2D eigenvalue weighted by Gasteiger charge is 2.17. The van der Waals surface area contributed by atoms with Gasteiger partial charge in [-0.1, -0.05) is 30.3 Å². The van der Waals surface area contributed by atoms with Gasteiger partial charge in [-0.2, -0.15) is 4.98 Å². The van der Waals surface area contributed by atoms with Crippen LogP contribution in [-0.2, 0) is 7.05 Å². The Balaban J connectivity index is 1.90. The van der Waals surface area contributed by atoms with E-state index in [-0.39, 0.29) is 0 Å².